The monoisotopic (exact) mass is 258 g/mol. The Morgan fingerprint density at radius 2 is 1.95 bits per heavy atom. The van der Waals surface area contributed by atoms with Crippen LogP contribution in [-0.2, 0) is 6.54 Å². The molecule has 0 N–H and O–H groups in total. The van der Waals surface area contributed by atoms with Gasteiger partial charge in [0.25, 0.3) is 5.56 Å². The van der Waals surface area contributed by atoms with E-state index in [0.29, 0.717) is 12.2 Å². The van der Waals surface area contributed by atoms with Gasteiger partial charge in [-0.1, -0.05) is 6.42 Å². The van der Waals surface area contributed by atoms with Crippen LogP contribution in [0.5, 0.6) is 0 Å². The molecule has 0 aromatic carbocycles. The van der Waals surface area contributed by atoms with Crippen molar-refractivity contribution in [3.05, 3.63) is 34.9 Å². The fourth-order valence-corrected chi connectivity index (χ4v) is 2.66. The van der Waals surface area contributed by atoms with Crippen LogP contribution in [0.1, 0.15) is 19.3 Å². The second-order valence-corrected chi connectivity index (χ2v) is 5.00. The van der Waals surface area contributed by atoms with Crippen LogP contribution in [-0.4, -0.2) is 39.1 Å². The summed E-state index contributed by atoms with van der Waals surface area (Å²) in [6.45, 7) is 3.93. The molecule has 5 nitrogen and oxygen atoms in total. The Morgan fingerprint density at radius 3 is 2.79 bits per heavy atom. The lowest BCUT2D eigenvalue weighted by molar-refractivity contribution is 0.221. The van der Waals surface area contributed by atoms with E-state index in [1.54, 1.807) is 10.8 Å². The third-order valence-corrected chi connectivity index (χ3v) is 3.71. The lowest BCUT2D eigenvalue weighted by Gasteiger charge is -2.26. The molecule has 0 radical (unpaired) electrons. The number of likely N-dealkylation sites (tertiary alicyclic amines) is 1. The average molecular weight is 258 g/mol. The summed E-state index contributed by atoms with van der Waals surface area (Å²) in [5.74, 6) is 0. The second kappa shape index (κ2) is 5.48. The van der Waals surface area contributed by atoms with Gasteiger partial charge in [0.15, 0.2) is 5.65 Å². The molecule has 0 spiro atoms. The zero-order chi connectivity index (χ0) is 13.1. The van der Waals surface area contributed by atoms with E-state index in [1.807, 2.05) is 12.1 Å². The molecule has 100 valence electrons. The zero-order valence-electron chi connectivity index (χ0n) is 11.0. The summed E-state index contributed by atoms with van der Waals surface area (Å²) in [5, 5.41) is 0. The van der Waals surface area contributed by atoms with E-state index < -0.39 is 0 Å². The quantitative estimate of drug-likeness (QED) is 0.832. The lowest BCUT2D eigenvalue weighted by atomic mass is 10.1. The summed E-state index contributed by atoms with van der Waals surface area (Å²) >= 11 is 0. The van der Waals surface area contributed by atoms with Crippen molar-refractivity contribution in [1.82, 2.24) is 19.4 Å². The van der Waals surface area contributed by atoms with Gasteiger partial charge < -0.3 is 9.47 Å². The van der Waals surface area contributed by atoms with E-state index in [1.165, 1.54) is 25.5 Å². The predicted molar refractivity (Wildman–Crippen MR) is 74.1 cm³/mol. The summed E-state index contributed by atoms with van der Waals surface area (Å²) in [5.41, 5.74) is 1.42. The first-order valence-corrected chi connectivity index (χ1v) is 6.87. The van der Waals surface area contributed by atoms with Gasteiger partial charge >= 0.3 is 0 Å². The molecule has 1 fully saturated rings. The van der Waals surface area contributed by atoms with Gasteiger partial charge in [-0.15, -0.1) is 0 Å². The Labute approximate surface area is 111 Å². The average Bonchev–Trinajstić information content (AvgIpc) is 2.47. The molecule has 1 aliphatic heterocycles. The van der Waals surface area contributed by atoms with Crippen molar-refractivity contribution >= 4 is 11.2 Å². The molecule has 19 heavy (non-hydrogen) atoms. The molecule has 0 unspecified atom stereocenters. The van der Waals surface area contributed by atoms with Gasteiger partial charge in [0.1, 0.15) is 0 Å². The lowest BCUT2D eigenvalue weighted by Crippen LogP contribution is -2.34. The largest absolute Gasteiger partial charge is 0.303 e. The number of aromatic nitrogens is 3. The minimum atomic E-state index is -0.0440. The van der Waals surface area contributed by atoms with Gasteiger partial charge in [-0.05, 0) is 38.1 Å². The van der Waals surface area contributed by atoms with E-state index in [9.17, 15) is 4.79 Å². The van der Waals surface area contributed by atoms with Gasteiger partial charge in [0.05, 0.1) is 11.7 Å². The maximum absolute atomic E-state index is 12.0. The van der Waals surface area contributed by atoms with E-state index in [0.717, 1.165) is 25.2 Å². The third kappa shape index (κ3) is 2.66. The highest BCUT2D eigenvalue weighted by Gasteiger charge is 2.11. The normalized spacial score (nSPS) is 16.8. The van der Waals surface area contributed by atoms with E-state index in [4.69, 9.17) is 0 Å². The Balaban J connectivity index is 1.83. The number of hydrogen-bond donors (Lipinski definition) is 0. The van der Waals surface area contributed by atoms with Gasteiger partial charge in [0.2, 0.25) is 0 Å². The molecule has 3 heterocycles. The van der Waals surface area contributed by atoms with Crippen molar-refractivity contribution in [2.24, 2.45) is 0 Å². The molecule has 5 heteroatoms. The van der Waals surface area contributed by atoms with Gasteiger partial charge in [-0.25, -0.2) is 9.97 Å². The Morgan fingerprint density at radius 1 is 1.11 bits per heavy atom. The Bertz CT molecular complexity index is 616. The molecule has 1 saturated heterocycles. The molecular formula is C14H18N4O. The molecule has 1 aliphatic rings. The first-order valence-electron chi connectivity index (χ1n) is 6.87. The summed E-state index contributed by atoms with van der Waals surface area (Å²) in [7, 11) is 0. The number of rotatable bonds is 3. The van der Waals surface area contributed by atoms with Gasteiger partial charge in [-0.3, -0.25) is 4.79 Å². The smallest absolute Gasteiger partial charge is 0.269 e. The number of fused-ring (bicyclic) bond motifs is 1. The van der Waals surface area contributed by atoms with Gasteiger partial charge in [0, 0.05) is 19.3 Å². The van der Waals surface area contributed by atoms with E-state index >= 15 is 0 Å². The van der Waals surface area contributed by atoms with Crippen LogP contribution >= 0.6 is 0 Å². The fourth-order valence-electron chi connectivity index (χ4n) is 2.66. The first kappa shape index (κ1) is 12.3. The van der Waals surface area contributed by atoms with Crippen molar-refractivity contribution in [1.29, 1.82) is 0 Å². The molecule has 0 saturated carbocycles. The van der Waals surface area contributed by atoms with Crippen LogP contribution in [0.2, 0.25) is 0 Å². The summed E-state index contributed by atoms with van der Waals surface area (Å²) in [6.07, 6.45) is 6.94. The van der Waals surface area contributed by atoms with Crippen LogP contribution in [0, 0.1) is 0 Å². The van der Waals surface area contributed by atoms with Crippen LogP contribution in [0.15, 0.2) is 29.3 Å². The molecule has 0 atom stereocenters. The molecule has 2 aromatic rings. The summed E-state index contributed by atoms with van der Waals surface area (Å²) < 4.78 is 1.78. The van der Waals surface area contributed by atoms with Crippen LogP contribution in [0.4, 0.5) is 0 Å². The number of nitrogens with zero attached hydrogens (tertiary/aromatic N) is 4. The van der Waals surface area contributed by atoms with Crippen molar-refractivity contribution in [2.45, 2.75) is 25.8 Å². The Kier molecular flexibility index (Phi) is 3.55. The topological polar surface area (TPSA) is 51.0 Å². The number of piperidine rings is 1. The standard InChI is InChI=1S/C14H18N4O/c19-13-11-16-14-12(5-4-6-15-14)18(13)10-9-17-7-2-1-3-8-17/h4-6,11H,1-3,7-10H2. The minimum Gasteiger partial charge on any atom is -0.303 e. The van der Waals surface area contributed by atoms with E-state index in [-0.39, 0.29) is 5.56 Å². The highest BCUT2D eigenvalue weighted by molar-refractivity contribution is 5.69. The summed E-state index contributed by atoms with van der Waals surface area (Å²) in [4.78, 5) is 22.7. The highest BCUT2D eigenvalue weighted by atomic mass is 16.1. The van der Waals surface area contributed by atoms with Crippen LogP contribution < -0.4 is 5.56 Å². The fraction of sp³-hybridized carbons (Fsp3) is 0.500. The van der Waals surface area contributed by atoms with Crippen LogP contribution in [0.3, 0.4) is 0 Å². The van der Waals surface area contributed by atoms with Crippen molar-refractivity contribution in [2.75, 3.05) is 19.6 Å². The minimum absolute atomic E-state index is 0.0440. The first-order chi connectivity index (χ1) is 9.34. The van der Waals surface area contributed by atoms with Crippen LogP contribution in [0.25, 0.3) is 11.2 Å². The highest BCUT2D eigenvalue weighted by Crippen LogP contribution is 2.09. The number of pyridine rings is 1. The zero-order valence-corrected chi connectivity index (χ0v) is 11.0. The van der Waals surface area contributed by atoms with Crippen molar-refractivity contribution in [3.8, 4) is 0 Å². The third-order valence-electron chi connectivity index (χ3n) is 3.71. The van der Waals surface area contributed by atoms with E-state index in [2.05, 4.69) is 14.9 Å². The molecule has 2 aromatic heterocycles. The van der Waals surface area contributed by atoms with Crippen molar-refractivity contribution < 1.29 is 0 Å². The van der Waals surface area contributed by atoms with Gasteiger partial charge in [-0.2, -0.15) is 0 Å². The maximum Gasteiger partial charge on any atom is 0.269 e. The molecule has 0 aliphatic carbocycles. The maximum atomic E-state index is 12.0. The molecular weight excluding hydrogens is 240 g/mol. The molecule has 3 rings (SSSR count). The SMILES string of the molecule is O=c1cnc2ncccc2n1CCN1CCCCC1. The summed E-state index contributed by atoms with van der Waals surface area (Å²) in [6, 6.07) is 3.76. The molecule has 0 bridgehead atoms. The number of hydrogen-bond acceptors (Lipinski definition) is 4. The second-order valence-electron chi connectivity index (χ2n) is 5.00. The van der Waals surface area contributed by atoms with Crippen molar-refractivity contribution in [3.63, 3.8) is 0 Å². The predicted octanol–water partition coefficient (Wildman–Crippen LogP) is 1.28. The molecule has 0 amide bonds. The Hall–Kier alpha value is -1.75.